The quantitative estimate of drug-likeness (QED) is 0.590. The van der Waals surface area contributed by atoms with Gasteiger partial charge in [-0.3, -0.25) is 4.79 Å². The Balaban J connectivity index is 2.21. The molecule has 0 radical (unpaired) electrons. The van der Waals surface area contributed by atoms with Crippen molar-refractivity contribution in [3.05, 3.63) is 29.8 Å². The monoisotopic (exact) mass is 280 g/mol. The van der Waals surface area contributed by atoms with Gasteiger partial charge in [-0.25, -0.2) is 0 Å². The second-order valence-electron chi connectivity index (χ2n) is 5.82. The minimum absolute atomic E-state index is 0.0124. The lowest BCUT2D eigenvalue weighted by atomic mass is 9.96. The fourth-order valence-electron chi connectivity index (χ4n) is 1.58. The summed E-state index contributed by atoms with van der Waals surface area (Å²) in [5.41, 5.74) is 0.361. The molecule has 0 fully saturated rings. The fraction of sp³-hybridized carbons (Fsp3) is 0.533. The van der Waals surface area contributed by atoms with Crippen molar-refractivity contribution < 1.29 is 15.0 Å². The smallest absolute Gasteiger partial charge is 0.225 e. The number of aliphatic hydroxyl groups is 1. The van der Waals surface area contributed by atoms with Gasteiger partial charge in [0.25, 0.3) is 0 Å². The molecule has 0 aliphatic heterocycles. The zero-order valence-electron chi connectivity index (χ0n) is 12.3. The number of phenols is 1. The highest BCUT2D eigenvalue weighted by Crippen LogP contribution is 2.16. The summed E-state index contributed by atoms with van der Waals surface area (Å²) in [5.74, 6) is 0.192. The Morgan fingerprint density at radius 3 is 2.35 bits per heavy atom. The molecule has 1 rings (SSSR count). The zero-order chi connectivity index (χ0) is 15.2. The van der Waals surface area contributed by atoms with Gasteiger partial charge in [0.2, 0.25) is 5.91 Å². The van der Waals surface area contributed by atoms with Crippen LogP contribution in [0, 0.1) is 5.41 Å². The van der Waals surface area contributed by atoms with E-state index in [9.17, 15) is 9.90 Å². The van der Waals surface area contributed by atoms with E-state index < -0.39 is 6.10 Å². The van der Waals surface area contributed by atoms with Gasteiger partial charge in [-0.1, -0.05) is 32.9 Å². The van der Waals surface area contributed by atoms with Crippen molar-refractivity contribution in [1.82, 2.24) is 10.6 Å². The van der Waals surface area contributed by atoms with Gasteiger partial charge in [-0.15, -0.1) is 0 Å². The van der Waals surface area contributed by atoms with Gasteiger partial charge < -0.3 is 20.8 Å². The average Bonchev–Trinajstić information content (AvgIpc) is 2.37. The predicted octanol–water partition coefficient (Wildman–Crippen LogP) is 1.18. The Morgan fingerprint density at radius 1 is 1.20 bits per heavy atom. The Kier molecular flexibility index (Phi) is 5.98. The van der Waals surface area contributed by atoms with E-state index in [4.69, 9.17) is 5.11 Å². The van der Waals surface area contributed by atoms with Crippen molar-refractivity contribution >= 4 is 5.91 Å². The van der Waals surface area contributed by atoms with Gasteiger partial charge in [0.1, 0.15) is 5.75 Å². The summed E-state index contributed by atoms with van der Waals surface area (Å²) in [6.45, 7) is 7.12. The van der Waals surface area contributed by atoms with Crippen LogP contribution >= 0.6 is 0 Å². The molecule has 0 bridgehead atoms. The summed E-state index contributed by atoms with van der Waals surface area (Å²) in [6.07, 6.45) is -0.631. The van der Waals surface area contributed by atoms with Crippen LogP contribution in [0.5, 0.6) is 5.75 Å². The molecule has 0 saturated carbocycles. The third-order valence-corrected chi connectivity index (χ3v) is 2.88. The summed E-state index contributed by atoms with van der Waals surface area (Å²) in [5, 5.41) is 25.0. The number of hydrogen-bond donors (Lipinski definition) is 4. The first kappa shape index (κ1) is 16.5. The van der Waals surface area contributed by atoms with Crippen LogP contribution < -0.4 is 10.6 Å². The number of rotatable bonds is 6. The van der Waals surface area contributed by atoms with Gasteiger partial charge in [0.15, 0.2) is 0 Å². The van der Waals surface area contributed by atoms with Crippen LogP contribution in [0.15, 0.2) is 24.3 Å². The molecule has 5 heteroatoms. The highest BCUT2D eigenvalue weighted by molar-refractivity contribution is 5.81. The van der Waals surface area contributed by atoms with Crippen LogP contribution in [0.4, 0.5) is 0 Å². The average molecular weight is 280 g/mol. The minimum Gasteiger partial charge on any atom is -0.508 e. The van der Waals surface area contributed by atoms with Gasteiger partial charge in [0, 0.05) is 25.0 Å². The van der Waals surface area contributed by atoms with E-state index in [0.717, 1.165) is 5.56 Å². The van der Waals surface area contributed by atoms with Crippen molar-refractivity contribution in [3.63, 3.8) is 0 Å². The molecule has 0 saturated heterocycles. The number of nitrogens with one attached hydrogen (secondary N) is 2. The number of aliphatic hydroxyl groups excluding tert-OH is 1. The standard InChI is InChI=1S/C15H24N2O3/c1-15(2,3)14(20)17-9-8-16-10-13(19)11-4-6-12(18)7-5-11/h4-7,13,16,18-19H,8-10H2,1-3H3,(H,17,20). The first-order valence-electron chi connectivity index (χ1n) is 6.76. The van der Waals surface area contributed by atoms with Crippen LogP contribution in [-0.2, 0) is 4.79 Å². The number of aromatic hydroxyl groups is 1. The number of benzene rings is 1. The Hall–Kier alpha value is -1.59. The lowest BCUT2D eigenvalue weighted by Crippen LogP contribution is -2.39. The molecule has 0 aromatic heterocycles. The highest BCUT2D eigenvalue weighted by atomic mass is 16.3. The molecule has 1 amide bonds. The lowest BCUT2D eigenvalue weighted by Gasteiger charge is -2.18. The summed E-state index contributed by atoms with van der Waals surface area (Å²) in [7, 11) is 0. The molecule has 5 nitrogen and oxygen atoms in total. The van der Waals surface area contributed by atoms with Crippen molar-refractivity contribution in [3.8, 4) is 5.75 Å². The molecule has 1 unspecified atom stereocenters. The SMILES string of the molecule is CC(C)(C)C(=O)NCCNCC(O)c1ccc(O)cc1. The van der Waals surface area contributed by atoms with E-state index in [1.54, 1.807) is 24.3 Å². The lowest BCUT2D eigenvalue weighted by molar-refractivity contribution is -0.128. The molecule has 4 N–H and O–H groups in total. The van der Waals surface area contributed by atoms with E-state index in [1.807, 2.05) is 20.8 Å². The van der Waals surface area contributed by atoms with E-state index in [0.29, 0.717) is 19.6 Å². The summed E-state index contributed by atoms with van der Waals surface area (Å²) < 4.78 is 0. The summed E-state index contributed by atoms with van der Waals surface area (Å²) >= 11 is 0. The Morgan fingerprint density at radius 2 is 1.80 bits per heavy atom. The van der Waals surface area contributed by atoms with Crippen LogP contribution in [0.3, 0.4) is 0 Å². The molecule has 1 aromatic rings. The molecule has 1 aromatic carbocycles. The maximum absolute atomic E-state index is 11.6. The fourth-order valence-corrected chi connectivity index (χ4v) is 1.58. The molecule has 0 spiro atoms. The molecular formula is C15H24N2O3. The van der Waals surface area contributed by atoms with Gasteiger partial charge in [0.05, 0.1) is 6.10 Å². The third-order valence-electron chi connectivity index (χ3n) is 2.88. The molecule has 20 heavy (non-hydrogen) atoms. The number of amides is 1. The molecule has 0 aliphatic rings. The van der Waals surface area contributed by atoms with Gasteiger partial charge in [-0.05, 0) is 17.7 Å². The molecule has 0 aliphatic carbocycles. The molecule has 1 atom stereocenters. The largest absolute Gasteiger partial charge is 0.508 e. The van der Waals surface area contributed by atoms with Crippen molar-refractivity contribution in [2.45, 2.75) is 26.9 Å². The van der Waals surface area contributed by atoms with Gasteiger partial charge in [-0.2, -0.15) is 0 Å². The van der Waals surface area contributed by atoms with Crippen LogP contribution in [0.1, 0.15) is 32.4 Å². The summed E-state index contributed by atoms with van der Waals surface area (Å²) in [6, 6.07) is 6.45. The minimum atomic E-state index is -0.631. The van der Waals surface area contributed by atoms with Crippen molar-refractivity contribution in [1.29, 1.82) is 0 Å². The third kappa shape index (κ3) is 5.59. The Labute approximate surface area is 120 Å². The summed E-state index contributed by atoms with van der Waals surface area (Å²) in [4.78, 5) is 11.6. The number of carbonyl (C=O) groups is 1. The highest BCUT2D eigenvalue weighted by Gasteiger charge is 2.20. The Bertz CT molecular complexity index is 424. The zero-order valence-corrected chi connectivity index (χ0v) is 12.3. The molecule has 112 valence electrons. The number of carbonyl (C=O) groups excluding carboxylic acids is 1. The van der Waals surface area contributed by atoms with E-state index in [-0.39, 0.29) is 17.1 Å². The van der Waals surface area contributed by atoms with Crippen molar-refractivity contribution in [2.24, 2.45) is 5.41 Å². The van der Waals surface area contributed by atoms with E-state index in [1.165, 1.54) is 0 Å². The van der Waals surface area contributed by atoms with Crippen molar-refractivity contribution in [2.75, 3.05) is 19.6 Å². The maximum Gasteiger partial charge on any atom is 0.225 e. The molecular weight excluding hydrogens is 256 g/mol. The number of phenolic OH excluding ortho intramolecular Hbond substituents is 1. The number of hydrogen-bond acceptors (Lipinski definition) is 4. The van der Waals surface area contributed by atoms with Crippen LogP contribution in [0.2, 0.25) is 0 Å². The predicted molar refractivity (Wildman–Crippen MR) is 78.4 cm³/mol. The first-order valence-corrected chi connectivity index (χ1v) is 6.76. The second kappa shape index (κ2) is 7.26. The normalized spacial score (nSPS) is 13.0. The second-order valence-corrected chi connectivity index (χ2v) is 5.82. The maximum atomic E-state index is 11.6. The van der Waals surface area contributed by atoms with Crippen LogP contribution in [0.25, 0.3) is 0 Å². The van der Waals surface area contributed by atoms with E-state index in [2.05, 4.69) is 10.6 Å². The first-order chi connectivity index (χ1) is 9.30. The van der Waals surface area contributed by atoms with E-state index >= 15 is 0 Å². The molecule has 0 heterocycles. The van der Waals surface area contributed by atoms with Crippen LogP contribution in [-0.4, -0.2) is 35.8 Å². The topological polar surface area (TPSA) is 81.6 Å². The van der Waals surface area contributed by atoms with Gasteiger partial charge >= 0.3 is 0 Å².